The van der Waals surface area contributed by atoms with E-state index in [1.54, 1.807) is 6.08 Å². The highest BCUT2D eigenvalue weighted by molar-refractivity contribution is 6.01. The number of allylic oxidation sites excluding steroid dienone is 3. The summed E-state index contributed by atoms with van der Waals surface area (Å²) >= 11 is 0. The van der Waals surface area contributed by atoms with Crippen molar-refractivity contribution < 1.29 is 30.0 Å². The molecule has 6 nitrogen and oxygen atoms in total. The maximum Gasteiger partial charge on any atom is 0.190 e. The van der Waals surface area contributed by atoms with E-state index >= 15 is 0 Å². The number of hydrogen-bond acceptors (Lipinski definition) is 6. The van der Waals surface area contributed by atoms with Crippen molar-refractivity contribution in [2.75, 3.05) is 6.61 Å². The monoisotopic (exact) mass is 376 g/mol. The Morgan fingerprint density at radius 2 is 2.00 bits per heavy atom. The van der Waals surface area contributed by atoms with Gasteiger partial charge in [0.1, 0.15) is 12.2 Å². The number of carbonyl (C=O) groups is 2. The Morgan fingerprint density at radius 1 is 1.30 bits per heavy atom. The van der Waals surface area contributed by atoms with E-state index in [4.69, 9.17) is 0 Å². The fourth-order valence-electron chi connectivity index (χ4n) is 6.97. The highest BCUT2D eigenvalue weighted by atomic mass is 16.3. The van der Waals surface area contributed by atoms with Crippen molar-refractivity contribution in [1.29, 1.82) is 0 Å². The molecule has 0 aromatic rings. The highest BCUT2D eigenvalue weighted by Crippen LogP contribution is 2.67. The van der Waals surface area contributed by atoms with Crippen molar-refractivity contribution in [1.82, 2.24) is 0 Å². The molecule has 8 unspecified atom stereocenters. The predicted molar refractivity (Wildman–Crippen MR) is 96.4 cm³/mol. The smallest absolute Gasteiger partial charge is 0.190 e. The van der Waals surface area contributed by atoms with Crippen LogP contribution in [0.4, 0.5) is 0 Å². The van der Waals surface area contributed by atoms with Crippen LogP contribution in [0.15, 0.2) is 23.8 Å². The lowest BCUT2D eigenvalue weighted by molar-refractivity contribution is -0.182. The van der Waals surface area contributed by atoms with Gasteiger partial charge in [-0.15, -0.1) is 0 Å². The van der Waals surface area contributed by atoms with Gasteiger partial charge >= 0.3 is 0 Å². The second-order valence-corrected chi connectivity index (χ2v) is 9.33. The van der Waals surface area contributed by atoms with Crippen LogP contribution in [-0.4, -0.2) is 56.4 Å². The first kappa shape index (κ1) is 19.0. The first-order valence-electron chi connectivity index (χ1n) is 9.76. The van der Waals surface area contributed by atoms with Gasteiger partial charge < -0.3 is 20.4 Å². The maximum atomic E-state index is 12.4. The van der Waals surface area contributed by atoms with Crippen LogP contribution >= 0.6 is 0 Å². The molecule has 148 valence electrons. The van der Waals surface area contributed by atoms with Gasteiger partial charge in [-0.25, -0.2) is 0 Å². The minimum absolute atomic E-state index is 0.0505. The molecule has 0 amide bonds. The summed E-state index contributed by atoms with van der Waals surface area (Å²) in [5.74, 6) is -1.08. The Morgan fingerprint density at radius 3 is 2.67 bits per heavy atom. The molecule has 0 aromatic carbocycles. The summed E-state index contributed by atoms with van der Waals surface area (Å²) in [4.78, 5) is 24.2. The fourth-order valence-corrected chi connectivity index (χ4v) is 6.97. The predicted octanol–water partition coefficient (Wildman–Crippen LogP) is 0.528. The van der Waals surface area contributed by atoms with E-state index in [1.807, 2.05) is 13.8 Å². The Labute approximate surface area is 158 Å². The number of aliphatic hydroxyl groups excluding tert-OH is 3. The van der Waals surface area contributed by atoms with Crippen LogP contribution in [0, 0.1) is 28.6 Å². The quantitative estimate of drug-likeness (QED) is 0.559. The minimum atomic E-state index is -1.65. The summed E-state index contributed by atoms with van der Waals surface area (Å²) in [6.07, 6.45) is 4.73. The Bertz CT molecular complexity index is 756. The van der Waals surface area contributed by atoms with Crippen LogP contribution < -0.4 is 0 Å². The molecular formula is C21H28O6. The zero-order valence-electron chi connectivity index (χ0n) is 15.8. The zero-order chi connectivity index (χ0) is 19.8. The molecule has 0 aromatic heterocycles. The van der Waals surface area contributed by atoms with Crippen molar-refractivity contribution in [2.45, 2.75) is 57.3 Å². The Balaban J connectivity index is 1.78. The van der Waals surface area contributed by atoms with E-state index in [2.05, 4.69) is 0 Å². The summed E-state index contributed by atoms with van der Waals surface area (Å²) in [5.41, 5.74) is -2.48. The van der Waals surface area contributed by atoms with Crippen LogP contribution in [0.25, 0.3) is 0 Å². The maximum absolute atomic E-state index is 12.4. The summed E-state index contributed by atoms with van der Waals surface area (Å²) in [7, 11) is 0. The van der Waals surface area contributed by atoms with Crippen molar-refractivity contribution in [3.63, 3.8) is 0 Å². The summed E-state index contributed by atoms with van der Waals surface area (Å²) in [6, 6.07) is 0. The van der Waals surface area contributed by atoms with E-state index in [-0.39, 0.29) is 36.4 Å². The molecule has 0 spiro atoms. The molecule has 3 saturated carbocycles. The molecule has 3 fully saturated rings. The van der Waals surface area contributed by atoms with Crippen LogP contribution in [-0.2, 0) is 9.59 Å². The Hall–Kier alpha value is -1.34. The second kappa shape index (κ2) is 5.83. The highest BCUT2D eigenvalue weighted by Gasteiger charge is 2.68. The number of aliphatic hydroxyl groups is 4. The zero-order valence-corrected chi connectivity index (χ0v) is 15.8. The largest absolute Gasteiger partial charge is 0.393 e. The molecule has 0 radical (unpaired) electrons. The molecule has 0 bridgehead atoms. The summed E-state index contributed by atoms with van der Waals surface area (Å²) < 4.78 is 0. The van der Waals surface area contributed by atoms with Crippen molar-refractivity contribution in [2.24, 2.45) is 28.6 Å². The lowest BCUT2D eigenvalue weighted by Crippen LogP contribution is -2.63. The van der Waals surface area contributed by atoms with Gasteiger partial charge in [-0.05, 0) is 55.2 Å². The molecule has 8 atom stereocenters. The third-order valence-electron chi connectivity index (χ3n) is 8.27. The SMILES string of the molecule is CC12C=CC(=O)C=C1C(O)CC1C2C(O)CC2(C)C1CCC2(O)C(=O)CO. The summed E-state index contributed by atoms with van der Waals surface area (Å²) in [5, 5.41) is 42.5. The van der Waals surface area contributed by atoms with Crippen molar-refractivity contribution in [3.05, 3.63) is 23.8 Å². The first-order chi connectivity index (χ1) is 12.6. The topological polar surface area (TPSA) is 115 Å². The molecule has 0 heterocycles. The second-order valence-electron chi connectivity index (χ2n) is 9.33. The molecule has 4 aliphatic rings. The van der Waals surface area contributed by atoms with Gasteiger partial charge in [-0.3, -0.25) is 9.59 Å². The van der Waals surface area contributed by atoms with Crippen molar-refractivity contribution in [3.8, 4) is 0 Å². The Kier molecular flexibility index (Phi) is 4.10. The third kappa shape index (κ3) is 2.27. The van der Waals surface area contributed by atoms with E-state index in [0.717, 1.165) is 0 Å². The molecule has 4 aliphatic carbocycles. The lowest BCUT2D eigenvalue weighted by atomic mass is 9.45. The van der Waals surface area contributed by atoms with Gasteiger partial charge in [0.25, 0.3) is 0 Å². The number of ketones is 2. The lowest BCUT2D eigenvalue weighted by Gasteiger charge is -2.60. The van der Waals surface area contributed by atoms with Crippen LogP contribution in [0.2, 0.25) is 0 Å². The normalized spacial score (nSPS) is 51.3. The van der Waals surface area contributed by atoms with Crippen LogP contribution in [0.3, 0.4) is 0 Å². The average molecular weight is 376 g/mol. The van der Waals surface area contributed by atoms with Gasteiger partial charge in [-0.2, -0.15) is 0 Å². The van der Waals surface area contributed by atoms with Gasteiger partial charge in [-0.1, -0.05) is 19.9 Å². The standard InChI is InChI=1S/C21H28O6/c1-19-5-3-11(23)7-14(19)15(24)8-12-13-4-6-21(27,17(26)10-22)20(13,2)9-16(25)18(12)19/h3,5,7,12-13,15-16,18,22,24-25,27H,4,6,8-10H2,1-2H3. The molecule has 0 saturated heterocycles. The fraction of sp³-hybridized carbons (Fsp3) is 0.714. The van der Waals surface area contributed by atoms with E-state index in [1.165, 1.54) is 12.2 Å². The van der Waals surface area contributed by atoms with Gasteiger partial charge in [0, 0.05) is 16.7 Å². The molecule has 4 N–H and O–H groups in total. The third-order valence-corrected chi connectivity index (χ3v) is 8.27. The van der Waals surface area contributed by atoms with E-state index in [9.17, 15) is 30.0 Å². The van der Waals surface area contributed by atoms with Crippen LogP contribution in [0.5, 0.6) is 0 Å². The van der Waals surface area contributed by atoms with Crippen LogP contribution in [0.1, 0.15) is 39.5 Å². The number of hydrogen-bond donors (Lipinski definition) is 4. The number of Topliss-reactive ketones (excluding diaryl/α,β-unsaturated/α-hetero) is 1. The molecule has 6 heteroatoms. The molecular weight excluding hydrogens is 348 g/mol. The number of carbonyl (C=O) groups excluding carboxylic acids is 2. The molecule has 4 rings (SSSR count). The van der Waals surface area contributed by atoms with Gasteiger partial charge in [0.2, 0.25) is 0 Å². The van der Waals surface area contributed by atoms with E-state index in [0.29, 0.717) is 18.4 Å². The first-order valence-corrected chi connectivity index (χ1v) is 9.76. The molecule has 0 aliphatic heterocycles. The average Bonchev–Trinajstić information content (AvgIpc) is 2.87. The van der Waals surface area contributed by atoms with E-state index < -0.39 is 41.0 Å². The van der Waals surface area contributed by atoms with Crippen molar-refractivity contribution >= 4 is 11.6 Å². The minimum Gasteiger partial charge on any atom is -0.393 e. The van der Waals surface area contributed by atoms with Gasteiger partial charge in [0.15, 0.2) is 11.6 Å². The number of fused-ring (bicyclic) bond motifs is 5. The number of rotatable bonds is 2. The van der Waals surface area contributed by atoms with Gasteiger partial charge in [0.05, 0.1) is 12.2 Å². The molecule has 27 heavy (non-hydrogen) atoms. The summed E-state index contributed by atoms with van der Waals surface area (Å²) in [6.45, 7) is 3.06.